The lowest BCUT2D eigenvalue weighted by Crippen LogP contribution is -1.88. The third-order valence-electron chi connectivity index (χ3n) is 2.89. The topological polar surface area (TPSA) is 37.5 Å². The first-order valence-electron chi connectivity index (χ1n) is 5.59. The van der Waals surface area contributed by atoms with Crippen LogP contribution in [0, 0.1) is 6.92 Å². The van der Waals surface area contributed by atoms with Crippen LogP contribution in [0.3, 0.4) is 0 Å². The van der Waals surface area contributed by atoms with E-state index in [4.69, 9.17) is 0 Å². The summed E-state index contributed by atoms with van der Waals surface area (Å²) in [5, 5.41) is 9.51. The van der Waals surface area contributed by atoms with Crippen molar-refractivity contribution in [3.63, 3.8) is 0 Å². The molecule has 2 aromatic heterocycles. The number of fused-ring (bicyclic) bond motifs is 1. The van der Waals surface area contributed by atoms with Crippen molar-refractivity contribution in [3.05, 3.63) is 52.8 Å². The number of imidazole rings is 1. The summed E-state index contributed by atoms with van der Waals surface area (Å²) < 4.78 is 2.68. The number of aryl methyl sites for hydroxylation is 1. The van der Waals surface area contributed by atoms with Crippen molar-refractivity contribution in [2.45, 2.75) is 6.92 Å². The molecule has 0 atom stereocenters. The Morgan fingerprint density at radius 3 is 2.61 bits per heavy atom. The molecule has 1 N–H and O–H groups in total. The summed E-state index contributed by atoms with van der Waals surface area (Å²) in [6.07, 6.45) is 1.82. The highest BCUT2D eigenvalue weighted by molar-refractivity contribution is 9.10. The number of rotatable bonds is 1. The smallest absolute Gasteiger partial charge is 0.145 e. The molecule has 0 unspecified atom stereocenters. The standard InChI is InChI=1S/C14H11BrN2O/c1-9-2-4-10(5-3-9)14-16-13(15)12-8-11(18)6-7-17(12)14/h2-8,18H,1H3. The van der Waals surface area contributed by atoms with Crippen LogP contribution in [0.15, 0.2) is 47.2 Å². The summed E-state index contributed by atoms with van der Waals surface area (Å²) in [5.74, 6) is 1.09. The summed E-state index contributed by atoms with van der Waals surface area (Å²) in [7, 11) is 0. The average Bonchev–Trinajstić information content (AvgIpc) is 2.68. The van der Waals surface area contributed by atoms with Crippen LogP contribution in [-0.2, 0) is 0 Å². The fraction of sp³-hybridized carbons (Fsp3) is 0.0714. The Bertz CT molecular complexity index is 716. The van der Waals surface area contributed by atoms with Crippen LogP contribution in [0.4, 0.5) is 0 Å². The van der Waals surface area contributed by atoms with Gasteiger partial charge in [-0.25, -0.2) is 4.98 Å². The fourth-order valence-corrected chi connectivity index (χ4v) is 2.42. The largest absolute Gasteiger partial charge is 0.508 e. The van der Waals surface area contributed by atoms with Crippen molar-refractivity contribution in [2.24, 2.45) is 0 Å². The van der Waals surface area contributed by atoms with E-state index in [0.29, 0.717) is 0 Å². The minimum absolute atomic E-state index is 0.235. The quantitative estimate of drug-likeness (QED) is 0.743. The summed E-state index contributed by atoms with van der Waals surface area (Å²) >= 11 is 3.42. The lowest BCUT2D eigenvalue weighted by molar-refractivity contribution is 0.475. The van der Waals surface area contributed by atoms with Gasteiger partial charge in [0.05, 0.1) is 5.52 Å². The first kappa shape index (κ1) is 11.3. The molecule has 90 valence electrons. The van der Waals surface area contributed by atoms with Crippen molar-refractivity contribution >= 4 is 21.4 Å². The molecule has 0 aliphatic rings. The number of halogens is 1. The van der Waals surface area contributed by atoms with Crippen LogP contribution < -0.4 is 0 Å². The van der Waals surface area contributed by atoms with Crippen LogP contribution >= 0.6 is 15.9 Å². The van der Waals surface area contributed by atoms with Gasteiger partial charge in [0.15, 0.2) is 0 Å². The van der Waals surface area contributed by atoms with Gasteiger partial charge in [-0.1, -0.05) is 29.8 Å². The molecule has 4 heteroatoms. The van der Waals surface area contributed by atoms with Crippen molar-refractivity contribution in [1.29, 1.82) is 0 Å². The van der Waals surface area contributed by atoms with Crippen molar-refractivity contribution in [2.75, 3.05) is 0 Å². The highest BCUT2D eigenvalue weighted by Crippen LogP contribution is 2.28. The monoisotopic (exact) mass is 302 g/mol. The molecule has 0 saturated carbocycles. The number of benzene rings is 1. The molecule has 18 heavy (non-hydrogen) atoms. The minimum atomic E-state index is 0.235. The van der Waals surface area contributed by atoms with Crippen LogP contribution in [-0.4, -0.2) is 14.5 Å². The molecule has 0 spiro atoms. The molecule has 0 radical (unpaired) electrons. The van der Waals surface area contributed by atoms with E-state index in [1.54, 1.807) is 12.1 Å². The van der Waals surface area contributed by atoms with Crippen LogP contribution in [0.5, 0.6) is 5.75 Å². The van der Waals surface area contributed by atoms with Gasteiger partial charge in [-0.2, -0.15) is 0 Å². The Kier molecular flexibility index (Phi) is 2.59. The maximum Gasteiger partial charge on any atom is 0.145 e. The van der Waals surface area contributed by atoms with E-state index in [9.17, 15) is 5.11 Å². The molecule has 0 aliphatic carbocycles. The van der Waals surface area contributed by atoms with E-state index >= 15 is 0 Å². The fourth-order valence-electron chi connectivity index (χ4n) is 1.94. The molecule has 0 bridgehead atoms. The zero-order chi connectivity index (χ0) is 12.7. The Hall–Kier alpha value is -1.81. The van der Waals surface area contributed by atoms with E-state index < -0.39 is 0 Å². The Labute approximate surface area is 113 Å². The van der Waals surface area contributed by atoms with Gasteiger partial charge in [-0.15, -0.1) is 0 Å². The lowest BCUT2D eigenvalue weighted by Gasteiger charge is -2.02. The average molecular weight is 303 g/mol. The van der Waals surface area contributed by atoms with Crippen molar-refractivity contribution < 1.29 is 5.11 Å². The normalized spacial score (nSPS) is 11.0. The van der Waals surface area contributed by atoms with E-state index in [2.05, 4.69) is 40.0 Å². The predicted molar refractivity (Wildman–Crippen MR) is 74.7 cm³/mol. The van der Waals surface area contributed by atoms with E-state index in [1.165, 1.54) is 5.56 Å². The van der Waals surface area contributed by atoms with Crippen LogP contribution in [0.2, 0.25) is 0 Å². The number of aromatic hydroxyl groups is 1. The Morgan fingerprint density at radius 1 is 1.17 bits per heavy atom. The number of aromatic nitrogens is 2. The second-order valence-corrected chi connectivity index (χ2v) is 4.98. The number of nitrogens with zero attached hydrogens (tertiary/aromatic N) is 2. The number of hydrogen-bond donors (Lipinski definition) is 1. The predicted octanol–water partition coefficient (Wildman–Crippen LogP) is 3.78. The highest BCUT2D eigenvalue weighted by Gasteiger charge is 2.11. The Morgan fingerprint density at radius 2 is 1.89 bits per heavy atom. The molecule has 3 nitrogen and oxygen atoms in total. The number of pyridine rings is 1. The zero-order valence-electron chi connectivity index (χ0n) is 9.76. The number of hydrogen-bond acceptors (Lipinski definition) is 2. The van der Waals surface area contributed by atoms with Gasteiger partial charge in [0.1, 0.15) is 16.2 Å². The van der Waals surface area contributed by atoms with E-state index in [-0.39, 0.29) is 5.75 Å². The maximum absolute atomic E-state index is 9.51. The van der Waals surface area contributed by atoms with E-state index in [1.807, 2.05) is 22.7 Å². The van der Waals surface area contributed by atoms with Gasteiger partial charge in [-0.05, 0) is 28.9 Å². The molecule has 2 heterocycles. The molecular formula is C14H11BrN2O. The van der Waals surface area contributed by atoms with E-state index in [0.717, 1.165) is 21.5 Å². The molecular weight excluding hydrogens is 292 g/mol. The zero-order valence-corrected chi connectivity index (χ0v) is 11.3. The molecule has 0 fully saturated rings. The summed E-state index contributed by atoms with van der Waals surface area (Å²) in [5.41, 5.74) is 3.12. The Balaban J connectivity index is 2.26. The van der Waals surface area contributed by atoms with Gasteiger partial charge >= 0.3 is 0 Å². The molecule has 0 aliphatic heterocycles. The van der Waals surface area contributed by atoms with Crippen molar-refractivity contribution in [1.82, 2.24) is 9.38 Å². The van der Waals surface area contributed by atoms with Gasteiger partial charge in [0, 0.05) is 17.8 Å². The van der Waals surface area contributed by atoms with Crippen LogP contribution in [0.1, 0.15) is 5.56 Å². The molecule has 0 saturated heterocycles. The molecule has 1 aromatic carbocycles. The molecule has 3 aromatic rings. The summed E-state index contributed by atoms with van der Waals surface area (Å²) in [6.45, 7) is 2.06. The van der Waals surface area contributed by atoms with Gasteiger partial charge < -0.3 is 5.11 Å². The molecule has 0 amide bonds. The second kappa shape index (κ2) is 4.14. The highest BCUT2D eigenvalue weighted by atomic mass is 79.9. The first-order chi connectivity index (χ1) is 8.65. The van der Waals surface area contributed by atoms with Gasteiger partial charge in [0.2, 0.25) is 0 Å². The first-order valence-corrected chi connectivity index (χ1v) is 6.38. The molecule has 3 rings (SSSR count). The third-order valence-corrected chi connectivity index (χ3v) is 3.48. The van der Waals surface area contributed by atoms with Gasteiger partial charge in [0.25, 0.3) is 0 Å². The van der Waals surface area contributed by atoms with Gasteiger partial charge in [-0.3, -0.25) is 4.40 Å². The summed E-state index contributed by atoms with van der Waals surface area (Å²) in [4.78, 5) is 4.50. The van der Waals surface area contributed by atoms with Crippen LogP contribution in [0.25, 0.3) is 16.9 Å². The SMILES string of the molecule is Cc1ccc(-c2nc(Br)c3cc(O)ccn23)cc1. The minimum Gasteiger partial charge on any atom is -0.508 e. The second-order valence-electron chi connectivity index (χ2n) is 4.23. The third kappa shape index (κ3) is 1.78. The maximum atomic E-state index is 9.51. The van der Waals surface area contributed by atoms with Crippen molar-refractivity contribution in [3.8, 4) is 17.1 Å². The lowest BCUT2D eigenvalue weighted by atomic mass is 10.1. The summed E-state index contributed by atoms with van der Waals surface area (Å²) in [6, 6.07) is 11.6.